The summed E-state index contributed by atoms with van der Waals surface area (Å²) in [5, 5.41) is 8.81. The van der Waals surface area contributed by atoms with Gasteiger partial charge in [-0.25, -0.2) is 9.78 Å². The predicted molar refractivity (Wildman–Crippen MR) is 65.3 cm³/mol. The second-order valence-electron chi connectivity index (χ2n) is 3.66. The number of carbonyl (C=O) groups is 1. The molecular formula is C10H10N4O4S. The maximum Gasteiger partial charge on any atom is 0.337 e. The number of aromatic amines is 1. The number of pyridine rings is 1. The van der Waals surface area contributed by atoms with Crippen molar-refractivity contribution in [2.75, 3.05) is 4.72 Å². The number of carboxylic acid groups (broad SMARTS) is 1. The van der Waals surface area contributed by atoms with Gasteiger partial charge >= 0.3 is 5.97 Å². The first-order valence-electron chi connectivity index (χ1n) is 5.12. The first kappa shape index (κ1) is 13.0. The zero-order valence-corrected chi connectivity index (χ0v) is 10.6. The van der Waals surface area contributed by atoms with E-state index in [0.29, 0.717) is 5.82 Å². The summed E-state index contributed by atoms with van der Waals surface area (Å²) < 4.78 is 26.1. The Morgan fingerprint density at radius 3 is 2.74 bits per heavy atom. The van der Waals surface area contributed by atoms with Gasteiger partial charge in [-0.05, 0) is 13.0 Å². The quantitative estimate of drug-likeness (QED) is 0.754. The van der Waals surface area contributed by atoms with Gasteiger partial charge in [-0.3, -0.25) is 9.71 Å². The van der Waals surface area contributed by atoms with Gasteiger partial charge in [0.2, 0.25) is 0 Å². The van der Waals surface area contributed by atoms with Crippen LogP contribution in [0.4, 0.5) is 5.69 Å². The van der Waals surface area contributed by atoms with Crippen molar-refractivity contribution in [2.24, 2.45) is 0 Å². The van der Waals surface area contributed by atoms with E-state index in [0.717, 1.165) is 12.4 Å². The zero-order valence-electron chi connectivity index (χ0n) is 9.78. The molecule has 0 aliphatic carbocycles. The van der Waals surface area contributed by atoms with E-state index >= 15 is 0 Å². The lowest BCUT2D eigenvalue weighted by atomic mass is 10.2. The third-order valence-corrected chi connectivity index (χ3v) is 3.54. The van der Waals surface area contributed by atoms with Crippen LogP contribution in [-0.2, 0) is 10.0 Å². The van der Waals surface area contributed by atoms with Crippen molar-refractivity contribution in [2.45, 2.75) is 11.9 Å². The van der Waals surface area contributed by atoms with E-state index in [4.69, 9.17) is 5.11 Å². The molecule has 0 bridgehead atoms. The van der Waals surface area contributed by atoms with Crippen molar-refractivity contribution < 1.29 is 18.3 Å². The fraction of sp³-hybridized carbons (Fsp3) is 0.100. The SMILES string of the molecule is Cc1ncc(S(=O)(=O)Nc2cnccc2C(=O)O)[nH]1. The van der Waals surface area contributed by atoms with Gasteiger partial charge in [-0.1, -0.05) is 0 Å². The predicted octanol–water partition coefficient (Wildman–Crippen LogP) is 0.612. The Bertz CT molecular complexity index is 723. The second kappa shape index (κ2) is 4.69. The molecule has 0 saturated heterocycles. The monoisotopic (exact) mass is 282 g/mol. The summed E-state index contributed by atoms with van der Waals surface area (Å²) in [6.07, 6.45) is 3.54. The Kier molecular flexibility index (Phi) is 3.21. The van der Waals surface area contributed by atoms with Crippen molar-refractivity contribution in [3.05, 3.63) is 36.0 Å². The smallest absolute Gasteiger partial charge is 0.337 e. The molecule has 0 fully saturated rings. The number of nitrogens with one attached hydrogen (secondary N) is 2. The zero-order chi connectivity index (χ0) is 14.0. The van der Waals surface area contributed by atoms with E-state index in [1.807, 2.05) is 0 Å². The molecule has 2 aromatic heterocycles. The summed E-state index contributed by atoms with van der Waals surface area (Å²) in [6.45, 7) is 1.60. The van der Waals surface area contributed by atoms with Crippen LogP contribution >= 0.6 is 0 Å². The van der Waals surface area contributed by atoms with Crippen molar-refractivity contribution in [3.63, 3.8) is 0 Å². The first-order chi connectivity index (χ1) is 8.90. The maximum absolute atomic E-state index is 12.0. The van der Waals surface area contributed by atoms with Crippen LogP contribution in [0.5, 0.6) is 0 Å². The Morgan fingerprint density at radius 1 is 1.42 bits per heavy atom. The summed E-state index contributed by atoms with van der Waals surface area (Å²) >= 11 is 0. The average molecular weight is 282 g/mol. The number of H-pyrrole nitrogens is 1. The lowest BCUT2D eigenvalue weighted by molar-refractivity contribution is 0.0698. The number of aromatic carboxylic acids is 1. The van der Waals surface area contributed by atoms with Crippen molar-refractivity contribution >= 4 is 21.7 Å². The topological polar surface area (TPSA) is 125 Å². The number of nitrogens with zero attached hydrogens (tertiary/aromatic N) is 2. The highest BCUT2D eigenvalue weighted by atomic mass is 32.2. The molecule has 0 atom stereocenters. The summed E-state index contributed by atoms with van der Waals surface area (Å²) in [5.41, 5.74) is -0.294. The van der Waals surface area contributed by atoms with Crippen molar-refractivity contribution in [3.8, 4) is 0 Å². The molecule has 0 radical (unpaired) electrons. The van der Waals surface area contributed by atoms with Gasteiger partial charge in [0.15, 0.2) is 5.03 Å². The van der Waals surface area contributed by atoms with Gasteiger partial charge < -0.3 is 10.1 Å². The van der Waals surface area contributed by atoms with E-state index in [9.17, 15) is 13.2 Å². The lowest BCUT2D eigenvalue weighted by Crippen LogP contribution is -2.16. The molecule has 0 aliphatic heterocycles. The minimum absolute atomic E-state index is 0.109. The molecular weight excluding hydrogens is 272 g/mol. The minimum atomic E-state index is -3.92. The third-order valence-electron chi connectivity index (χ3n) is 2.26. The van der Waals surface area contributed by atoms with Crippen LogP contribution < -0.4 is 4.72 Å². The average Bonchev–Trinajstić information content (AvgIpc) is 2.76. The van der Waals surface area contributed by atoms with Crippen LogP contribution in [0, 0.1) is 6.92 Å². The standard InChI is InChI=1S/C10H10N4O4S/c1-6-12-5-9(13-6)19(17,18)14-8-4-11-3-2-7(8)10(15)16/h2-5,14H,1H3,(H,12,13)(H,15,16). The van der Waals surface area contributed by atoms with Crippen LogP contribution in [0.1, 0.15) is 16.2 Å². The largest absolute Gasteiger partial charge is 0.478 e. The summed E-state index contributed by atoms with van der Waals surface area (Å²) in [6, 6.07) is 1.21. The number of sulfonamides is 1. The van der Waals surface area contributed by atoms with E-state index < -0.39 is 16.0 Å². The number of hydrogen-bond donors (Lipinski definition) is 3. The maximum atomic E-state index is 12.0. The normalized spacial score (nSPS) is 11.2. The number of hydrogen-bond acceptors (Lipinski definition) is 5. The Morgan fingerprint density at radius 2 is 2.16 bits per heavy atom. The first-order valence-corrected chi connectivity index (χ1v) is 6.60. The Labute approximate surface area is 108 Å². The number of rotatable bonds is 4. The summed E-state index contributed by atoms with van der Waals surface area (Å²) in [5.74, 6) is -0.814. The molecule has 0 aromatic carbocycles. The molecule has 2 rings (SSSR count). The van der Waals surface area contributed by atoms with Crippen LogP contribution in [-0.4, -0.2) is 34.4 Å². The van der Waals surface area contributed by atoms with E-state index in [-0.39, 0.29) is 16.3 Å². The van der Waals surface area contributed by atoms with Gasteiger partial charge in [-0.2, -0.15) is 8.42 Å². The highest BCUT2D eigenvalue weighted by Gasteiger charge is 2.20. The van der Waals surface area contributed by atoms with E-state index in [1.165, 1.54) is 12.3 Å². The fourth-order valence-electron chi connectivity index (χ4n) is 1.40. The molecule has 0 saturated carbocycles. The molecule has 2 aromatic rings. The highest BCUT2D eigenvalue weighted by molar-refractivity contribution is 7.92. The number of imidazole rings is 1. The van der Waals surface area contributed by atoms with Gasteiger partial charge in [0.05, 0.1) is 23.6 Å². The molecule has 0 amide bonds. The Hall–Kier alpha value is -2.42. The molecule has 0 spiro atoms. The molecule has 19 heavy (non-hydrogen) atoms. The molecule has 0 unspecified atom stereocenters. The van der Waals surface area contributed by atoms with Gasteiger partial charge in [0, 0.05) is 6.20 Å². The third kappa shape index (κ3) is 2.71. The van der Waals surface area contributed by atoms with Gasteiger partial charge in [0.25, 0.3) is 10.0 Å². The van der Waals surface area contributed by atoms with Crippen LogP contribution in [0.15, 0.2) is 29.7 Å². The fourth-order valence-corrected chi connectivity index (χ4v) is 2.43. The molecule has 0 aliphatic rings. The number of aromatic nitrogens is 3. The van der Waals surface area contributed by atoms with Crippen LogP contribution in [0.25, 0.3) is 0 Å². The summed E-state index contributed by atoms with van der Waals surface area (Å²) in [4.78, 5) is 21.0. The van der Waals surface area contributed by atoms with Crippen molar-refractivity contribution in [1.82, 2.24) is 15.0 Å². The molecule has 8 nitrogen and oxygen atoms in total. The van der Waals surface area contributed by atoms with Crippen LogP contribution in [0.3, 0.4) is 0 Å². The lowest BCUT2D eigenvalue weighted by Gasteiger charge is -2.08. The molecule has 3 N–H and O–H groups in total. The second-order valence-corrected chi connectivity index (χ2v) is 5.32. The van der Waals surface area contributed by atoms with E-state index in [1.54, 1.807) is 6.92 Å². The minimum Gasteiger partial charge on any atom is -0.478 e. The number of carboxylic acids is 1. The van der Waals surface area contributed by atoms with Crippen molar-refractivity contribution in [1.29, 1.82) is 0 Å². The van der Waals surface area contributed by atoms with E-state index in [2.05, 4.69) is 19.7 Å². The van der Waals surface area contributed by atoms with Gasteiger partial charge in [0.1, 0.15) is 5.82 Å². The number of aryl methyl sites for hydroxylation is 1. The molecule has 100 valence electrons. The molecule has 2 heterocycles. The summed E-state index contributed by atoms with van der Waals surface area (Å²) in [7, 11) is -3.92. The molecule has 9 heteroatoms. The number of anilines is 1. The highest BCUT2D eigenvalue weighted by Crippen LogP contribution is 2.18. The van der Waals surface area contributed by atoms with Crippen LogP contribution in [0.2, 0.25) is 0 Å². The Balaban J connectivity index is 2.39. The van der Waals surface area contributed by atoms with Gasteiger partial charge in [-0.15, -0.1) is 0 Å².